The second kappa shape index (κ2) is 8.18. The van der Waals surface area contributed by atoms with E-state index in [1.807, 2.05) is 0 Å². The minimum atomic E-state index is -4.52. The summed E-state index contributed by atoms with van der Waals surface area (Å²) in [5.74, 6) is 0.00187. The SMILES string of the molecule is O=C(Cn1cnc2ccccc2c1=O)N1CCN(c2ncc(C(F)(F)F)cc2Cl)CC1. The molecule has 3 heterocycles. The Morgan fingerprint density at radius 1 is 1.10 bits per heavy atom. The third-order valence-electron chi connectivity index (χ3n) is 5.12. The number of carbonyl (C=O) groups excluding carboxylic acids is 1. The van der Waals surface area contributed by atoms with Crippen LogP contribution in [0.25, 0.3) is 10.9 Å². The molecule has 1 aliphatic heterocycles. The number of anilines is 1. The summed E-state index contributed by atoms with van der Waals surface area (Å²) in [6.07, 6.45) is -2.42. The van der Waals surface area contributed by atoms with E-state index >= 15 is 0 Å². The Morgan fingerprint density at radius 3 is 2.48 bits per heavy atom. The van der Waals surface area contributed by atoms with Gasteiger partial charge >= 0.3 is 6.18 Å². The maximum absolute atomic E-state index is 12.8. The van der Waals surface area contributed by atoms with Crippen molar-refractivity contribution in [2.75, 3.05) is 31.1 Å². The highest BCUT2D eigenvalue weighted by molar-refractivity contribution is 6.33. The lowest BCUT2D eigenvalue weighted by Gasteiger charge is -2.36. The highest BCUT2D eigenvalue weighted by Gasteiger charge is 2.32. The molecule has 0 radical (unpaired) electrons. The lowest BCUT2D eigenvalue weighted by atomic mass is 10.2. The van der Waals surface area contributed by atoms with Gasteiger partial charge in [0.2, 0.25) is 5.91 Å². The van der Waals surface area contributed by atoms with Gasteiger partial charge in [-0.25, -0.2) is 9.97 Å². The average Bonchev–Trinajstić information content (AvgIpc) is 2.75. The molecule has 4 rings (SSSR count). The quantitative estimate of drug-likeness (QED) is 0.612. The highest BCUT2D eigenvalue weighted by Crippen LogP contribution is 2.33. The van der Waals surface area contributed by atoms with E-state index in [1.54, 1.807) is 34.1 Å². The van der Waals surface area contributed by atoms with Gasteiger partial charge in [0.25, 0.3) is 5.56 Å². The zero-order chi connectivity index (χ0) is 22.2. The van der Waals surface area contributed by atoms with Gasteiger partial charge in [0.15, 0.2) is 0 Å². The Kier molecular flexibility index (Phi) is 5.57. The van der Waals surface area contributed by atoms with Gasteiger partial charge in [-0.15, -0.1) is 0 Å². The van der Waals surface area contributed by atoms with Crippen molar-refractivity contribution in [3.63, 3.8) is 0 Å². The maximum Gasteiger partial charge on any atom is 0.417 e. The van der Waals surface area contributed by atoms with E-state index in [4.69, 9.17) is 11.6 Å². The summed E-state index contributed by atoms with van der Waals surface area (Å²) in [5.41, 5.74) is -0.645. The van der Waals surface area contributed by atoms with Crippen molar-refractivity contribution in [1.82, 2.24) is 19.4 Å². The largest absolute Gasteiger partial charge is 0.417 e. The van der Waals surface area contributed by atoms with Gasteiger partial charge in [-0.05, 0) is 18.2 Å². The molecule has 0 unspecified atom stereocenters. The first-order valence-electron chi connectivity index (χ1n) is 9.43. The number of halogens is 4. The van der Waals surface area contributed by atoms with Crippen LogP contribution in [0.5, 0.6) is 0 Å². The first-order chi connectivity index (χ1) is 14.7. The Morgan fingerprint density at radius 2 is 1.81 bits per heavy atom. The minimum absolute atomic E-state index is 0.0941. The molecule has 2 aromatic heterocycles. The van der Waals surface area contributed by atoms with Gasteiger partial charge in [-0.1, -0.05) is 23.7 Å². The first-order valence-corrected chi connectivity index (χ1v) is 9.81. The standard InChI is InChI=1S/C20H17ClF3N5O2/c21-15-9-13(20(22,23)24)10-25-18(15)28-7-5-27(6-8-28)17(30)11-29-12-26-16-4-2-1-3-14(16)19(29)31/h1-4,9-10,12H,5-8,11H2. The molecular weight excluding hydrogens is 435 g/mol. The number of hydrogen-bond acceptors (Lipinski definition) is 5. The van der Waals surface area contributed by atoms with Crippen LogP contribution in [0.4, 0.5) is 19.0 Å². The number of fused-ring (bicyclic) bond motifs is 1. The second-order valence-electron chi connectivity index (χ2n) is 7.09. The minimum Gasteiger partial charge on any atom is -0.352 e. The summed E-state index contributed by atoms with van der Waals surface area (Å²) in [6, 6.07) is 7.74. The summed E-state index contributed by atoms with van der Waals surface area (Å²) in [7, 11) is 0. The molecule has 31 heavy (non-hydrogen) atoms. The average molecular weight is 452 g/mol. The van der Waals surface area contributed by atoms with Crippen LogP contribution < -0.4 is 10.5 Å². The van der Waals surface area contributed by atoms with Crippen LogP contribution >= 0.6 is 11.6 Å². The molecule has 0 bridgehead atoms. The maximum atomic E-state index is 12.8. The summed E-state index contributed by atoms with van der Waals surface area (Å²) in [6.45, 7) is 1.22. The van der Waals surface area contributed by atoms with Gasteiger partial charge in [0.1, 0.15) is 12.4 Å². The Bertz CT molecular complexity index is 1190. The highest BCUT2D eigenvalue weighted by atomic mass is 35.5. The number of carbonyl (C=O) groups is 1. The molecular formula is C20H17ClF3N5O2. The molecule has 1 amide bonds. The molecule has 0 atom stereocenters. The molecule has 0 spiro atoms. The Hall–Kier alpha value is -3.14. The number of hydrogen-bond donors (Lipinski definition) is 0. The summed E-state index contributed by atoms with van der Waals surface area (Å²) in [4.78, 5) is 36.6. The molecule has 1 aliphatic rings. The van der Waals surface area contributed by atoms with E-state index in [2.05, 4.69) is 9.97 Å². The van der Waals surface area contributed by atoms with Crippen molar-refractivity contribution in [2.45, 2.75) is 12.7 Å². The third kappa shape index (κ3) is 4.34. The van der Waals surface area contributed by atoms with Gasteiger partial charge in [0.05, 0.1) is 27.8 Å². The number of pyridine rings is 1. The molecule has 11 heteroatoms. The van der Waals surface area contributed by atoms with E-state index in [0.717, 1.165) is 12.3 Å². The van der Waals surface area contributed by atoms with Crippen LogP contribution in [0.3, 0.4) is 0 Å². The fourth-order valence-corrected chi connectivity index (χ4v) is 3.74. The van der Waals surface area contributed by atoms with Gasteiger partial charge in [0, 0.05) is 32.4 Å². The van der Waals surface area contributed by atoms with E-state index in [9.17, 15) is 22.8 Å². The molecule has 1 fully saturated rings. The van der Waals surface area contributed by atoms with Crippen LogP contribution in [0.15, 0.2) is 47.7 Å². The summed E-state index contributed by atoms with van der Waals surface area (Å²) in [5, 5.41) is 0.342. The Labute approximate surface area is 179 Å². The first kappa shape index (κ1) is 21.1. The normalized spacial score (nSPS) is 14.8. The molecule has 0 aliphatic carbocycles. The number of para-hydroxylation sites is 1. The van der Waals surface area contributed by atoms with E-state index < -0.39 is 11.7 Å². The second-order valence-corrected chi connectivity index (χ2v) is 7.50. The van der Waals surface area contributed by atoms with Crippen LogP contribution in [-0.2, 0) is 17.5 Å². The summed E-state index contributed by atoms with van der Waals surface area (Å²) < 4.78 is 39.6. The molecule has 0 N–H and O–H groups in total. The topological polar surface area (TPSA) is 71.3 Å². The van der Waals surface area contributed by atoms with Crippen molar-refractivity contribution in [2.24, 2.45) is 0 Å². The molecule has 1 aromatic carbocycles. The van der Waals surface area contributed by atoms with Crippen molar-refractivity contribution in [3.8, 4) is 0 Å². The lowest BCUT2D eigenvalue weighted by molar-refractivity contribution is -0.138. The number of amides is 1. The van der Waals surface area contributed by atoms with Crippen LogP contribution in [-0.4, -0.2) is 51.5 Å². The fraction of sp³-hybridized carbons (Fsp3) is 0.300. The van der Waals surface area contributed by atoms with Crippen molar-refractivity contribution < 1.29 is 18.0 Å². The molecule has 0 saturated carbocycles. The monoisotopic (exact) mass is 451 g/mol. The van der Waals surface area contributed by atoms with Gasteiger partial charge < -0.3 is 9.80 Å². The van der Waals surface area contributed by atoms with E-state index in [1.165, 1.54) is 10.9 Å². The van der Waals surface area contributed by atoms with Crippen LogP contribution in [0.2, 0.25) is 5.02 Å². The number of nitrogens with zero attached hydrogens (tertiary/aromatic N) is 5. The number of aromatic nitrogens is 3. The van der Waals surface area contributed by atoms with Crippen molar-refractivity contribution in [3.05, 3.63) is 63.8 Å². The lowest BCUT2D eigenvalue weighted by Crippen LogP contribution is -2.50. The number of alkyl halides is 3. The van der Waals surface area contributed by atoms with Crippen LogP contribution in [0, 0.1) is 0 Å². The zero-order valence-electron chi connectivity index (χ0n) is 16.1. The third-order valence-corrected chi connectivity index (χ3v) is 5.40. The smallest absolute Gasteiger partial charge is 0.352 e. The van der Waals surface area contributed by atoms with E-state index in [0.29, 0.717) is 37.1 Å². The Balaban J connectivity index is 1.42. The van der Waals surface area contributed by atoms with Gasteiger partial charge in [-0.3, -0.25) is 14.2 Å². The zero-order valence-corrected chi connectivity index (χ0v) is 16.9. The van der Waals surface area contributed by atoms with Gasteiger partial charge in [-0.2, -0.15) is 13.2 Å². The predicted molar refractivity (Wildman–Crippen MR) is 109 cm³/mol. The molecule has 1 saturated heterocycles. The molecule has 162 valence electrons. The van der Waals surface area contributed by atoms with E-state index in [-0.39, 0.29) is 28.9 Å². The van der Waals surface area contributed by atoms with Crippen LogP contribution in [0.1, 0.15) is 5.56 Å². The molecule has 3 aromatic rings. The van der Waals surface area contributed by atoms with Crippen molar-refractivity contribution in [1.29, 1.82) is 0 Å². The predicted octanol–water partition coefficient (Wildman–Crippen LogP) is 2.81. The summed E-state index contributed by atoms with van der Waals surface area (Å²) >= 11 is 6.01. The number of rotatable bonds is 3. The number of benzene rings is 1. The van der Waals surface area contributed by atoms with Crippen molar-refractivity contribution >= 4 is 34.2 Å². The fourth-order valence-electron chi connectivity index (χ4n) is 3.45. The number of piperazine rings is 1. The molecule has 7 nitrogen and oxygen atoms in total.